The molecule has 0 saturated carbocycles. The standard InChI is InChI=1S/C11H15N3/c1-8-2-4-10(13-6-8)9-3-5-11(12)14-7-9/h3,5,7-8H,2,4,6H2,1H3,(H2,12,14). The quantitative estimate of drug-likeness (QED) is 0.733. The van der Waals surface area contributed by atoms with Gasteiger partial charge in [-0.2, -0.15) is 0 Å². The highest BCUT2D eigenvalue weighted by atomic mass is 14.8. The molecule has 3 heteroatoms. The van der Waals surface area contributed by atoms with E-state index in [1.54, 1.807) is 0 Å². The summed E-state index contributed by atoms with van der Waals surface area (Å²) in [6.07, 6.45) is 4.10. The lowest BCUT2D eigenvalue weighted by Gasteiger charge is -2.17. The lowest BCUT2D eigenvalue weighted by molar-refractivity contribution is 0.538. The Kier molecular flexibility index (Phi) is 2.48. The zero-order chi connectivity index (χ0) is 9.97. The van der Waals surface area contributed by atoms with E-state index in [-0.39, 0.29) is 0 Å². The molecule has 74 valence electrons. The van der Waals surface area contributed by atoms with Gasteiger partial charge in [0.05, 0.1) is 0 Å². The third kappa shape index (κ3) is 1.92. The molecule has 1 unspecified atom stereocenters. The fourth-order valence-electron chi connectivity index (χ4n) is 1.63. The summed E-state index contributed by atoms with van der Waals surface area (Å²) in [5.41, 5.74) is 7.82. The van der Waals surface area contributed by atoms with Gasteiger partial charge in [0, 0.05) is 24.0 Å². The van der Waals surface area contributed by atoms with Crippen molar-refractivity contribution in [3.8, 4) is 0 Å². The van der Waals surface area contributed by atoms with Gasteiger partial charge in [-0.1, -0.05) is 6.92 Å². The van der Waals surface area contributed by atoms with Gasteiger partial charge >= 0.3 is 0 Å². The third-order valence-electron chi connectivity index (χ3n) is 2.59. The molecule has 0 saturated heterocycles. The first-order valence-electron chi connectivity index (χ1n) is 5.01. The zero-order valence-electron chi connectivity index (χ0n) is 8.40. The molecule has 0 aromatic carbocycles. The number of hydrogen-bond acceptors (Lipinski definition) is 3. The van der Waals surface area contributed by atoms with Crippen molar-refractivity contribution in [2.75, 3.05) is 12.3 Å². The lowest BCUT2D eigenvalue weighted by atomic mass is 9.97. The van der Waals surface area contributed by atoms with Gasteiger partial charge in [-0.25, -0.2) is 4.98 Å². The minimum Gasteiger partial charge on any atom is -0.384 e. The molecule has 0 aliphatic carbocycles. The van der Waals surface area contributed by atoms with Crippen molar-refractivity contribution in [3.05, 3.63) is 23.9 Å². The van der Waals surface area contributed by atoms with Crippen molar-refractivity contribution in [2.45, 2.75) is 19.8 Å². The van der Waals surface area contributed by atoms with Gasteiger partial charge in [0.15, 0.2) is 0 Å². The smallest absolute Gasteiger partial charge is 0.123 e. The molecule has 2 rings (SSSR count). The van der Waals surface area contributed by atoms with Crippen LogP contribution in [-0.4, -0.2) is 17.2 Å². The van der Waals surface area contributed by atoms with Crippen LogP contribution in [0.4, 0.5) is 5.82 Å². The van der Waals surface area contributed by atoms with E-state index in [1.807, 2.05) is 18.3 Å². The summed E-state index contributed by atoms with van der Waals surface area (Å²) in [7, 11) is 0. The van der Waals surface area contributed by atoms with Crippen molar-refractivity contribution in [3.63, 3.8) is 0 Å². The number of nitrogen functional groups attached to an aromatic ring is 1. The van der Waals surface area contributed by atoms with Gasteiger partial charge in [0.2, 0.25) is 0 Å². The summed E-state index contributed by atoms with van der Waals surface area (Å²) in [5, 5.41) is 0. The highest BCUT2D eigenvalue weighted by Gasteiger charge is 2.12. The van der Waals surface area contributed by atoms with Crippen molar-refractivity contribution < 1.29 is 0 Å². The van der Waals surface area contributed by atoms with E-state index >= 15 is 0 Å². The van der Waals surface area contributed by atoms with E-state index in [9.17, 15) is 0 Å². The van der Waals surface area contributed by atoms with E-state index in [4.69, 9.17) is 5.73 Å². The Morgan fingerprint density at radius 1 is 1.43 bits per heavy atom. The first kappa shape index (κ1) is 9.19. The molecule has 1 aromatic rings. The summed E-state index contributed by atoms with van der Waals surface area (Å²) in [5.74, 6) is 1.29. The SMILES string of the molecule is CC1CCC(c2ccc(N)nc2)=NC1. The molecule has 1 aliphatic rings. The number of rotatable bonds is 1. The normalized spacial score (nSPS) is 21.8. The molecule has 14 heavy (non-hydrogen) atoms. The van der Waals surface area contributed by atoms with Crippen molar-refractivity contribution in [1.82, 2.24) is 4.98 Å². The van der Waals surface area contributed by atoms with Gasteiger partial charge in [-0.15, -0.1) is 0 Å². The van der Waals surface area contributed by atoms with Crippen molar-refractivity contribution >= 4 is 11.5 Å². The first-order valence-corrected chi connectivity index (χ1v) is 5.01. The molecule has 1 aromatic heterocycles. The van der Waals surface area contributed by atoms with Gasteiger partial charge in [-0.05, 0) is 30.9 Å². The molecule has 2 N–H and O–H groups in total. The van der Waals surface area contributed by atoms with Gasteiger partial charge < -0.3 is 5.73 Å². The van der Waals surface area contributed by atoms with Crippen LogP contribution in [0.2, 0.25) is 0 Å². The second kappa shape index (κ2) is 3.78. The van der Waals surface area contributed by atoms with E-state index in [0.29, 0.717) is 5.82 Å². The Bertz CT molecular complexity index is 340. The summed E-state index contributed by atoms with van der Waals surface area (Å²) >= 11 is 0. The monoisotopic (exact) mass is 189 g/mol. The summed E-state index contributed by atoms with van der Waals surface area (Å²) in [6, 6.07) is 3.83. The van der Waals surface area contributed by atoms with Crippen LogP contribution in [-0.2, 0) is 0 Å². The Labute approximate surface area is 84.1 Å². The Hall–Kier alpha value is -1.38. The number of hydrogen-bond donors (Lipinski definition) is 1. The maximum atomic E-state index is 5.53. The number of pyridine rings is 1. The predicted molar refractivity (Wildman–Crippen MR) is 58.5 cm³/mol. The molecule has 2 heterocycles. The van der Waals surface area contributed by atoms with E-state index in [0.717, 1.165) is 24.4 Å². The molecule has 0 fully saturated rings. The zero-order valence-corrected chi connectivity index (χ0v) is 8.40. The van der Waals surface area contributed by atoms with E-state index in [1.165, 1.54) is 12.1 Å². The largest absolute Gasteiger partial charge is 0.384 e. The van der Waals surface area contributed by atoms with Gasteiger partial charge in [-0.3, -0.25) is 4.99 Å². The van der Waals surface area contributed by atoms with Crippen LogP contribution in [0.3, 0.4) is 0 Å². The van der Waals surface area contributed by atoms with Crippen LogP contribution in [0, 0.1) is 5.92 Å². The average Bonchev–Trinajstić information content (AvgIpc) is 2.21. The van der Waals surface area contributed by atoms with E-state index < -0.39 is 0 Å². The lowest BCUT2D eigenvalue weighted by Crippen LogP contribution is -2.14. The van der Waals surface area contributed by atoms with Crippen LogP contribution < -0.4 is 5.73 Å². The van der Waals surface area contributed by atoms with Crippen molar-refractivity contribution in [2.24, 2.45) is 10.9 Å². The number of aromatic nitrogens is 1. The summed E-state index contributed by atoms with van der Waals surface area (Å²) < 4.78 is 0. The van der Waals surface area contributed by atoms with Crippen LogP contribution >= 0.6 is 0 Å². The Morgan fingerprint density at radius 3 is 2.86 bits per heavy atom. The molecular weight excluding hydrogens is 174 g/mol. The highest BCUT2D eigenvalue weighted by molar-refractivity contribution is 6.00. The first-order chi connectivity index (χ1) is 6.75. The molecule has 0 amide bonds. The fraction of sp³-hybridized carbons (Fsp3) is 0.455. The molecular formula is C11H15N3. The minimum atomic E-state index is 0.568. The van der Waals surface area contributed by atoms with Crippen molar-refractivity contribution in [1.29, 1.82) is 0 Å². The summed E-state index contributed by atoms with van der Waals surface area (Å²) in [6.45, 7) is 3.18. The molecule has 0 bridgehead atoms. The van der Waals surface area contributed by atoms with E-state index in [2.05, 4.69) is 16.9 Å². The van der Waals surface area contributed by atoms with Crippen LogP contribution in [0.1, 0.15) is 25.3 Å². The molecule has 1 atom stereocenters. The number of nitrogens with two attached hydrogens (primary N) is 1. The Morgan fingerprint density at radius 2 is 2.29 bits per heavy atom. The molecule has 0 radical (unpaired) electrons. The maximum absolute atomic E-state index is 5.53. The van der Waals surface area contributed by atoms with Gasteiger partial charge in [0.25, 0.3) is 0 Å². The van der Waals surface area contributed by atoms with Crippen LogP contribution in [0.25, 0.3) is 0 Å². The molecule has 1 aliphatic heterocycles. The van der Waals surface area contributed by atoms with Crippen LogP contribution in [0.15, 0.2) is 23.3 Å². The number of anilines is 1. The molecule has 3 nitrogen and oxygen atoms in total. The second-order valence-corrected chi connectivity index (χ2v) is 3.90. The minimum absolute atomic E-state index is 0.568. The maximum Gasteiger partial charge on any atom is 0.123 e. The highest BCUT2D eigenvalue weighted by Crippen LogP contribution is 2.17. The topological polar surface area (TPSA) is 51.3 Å². The number of aliphatic imine (C=N–C) groups is 1. The molecule has 0 spiro atoms. The van der Waals surface area contributed by atoms with Gasteiger partial charge in [0.1, 0.15) is 5.82 Å². The number of nitrogens with zero attached hydrogens (tertiary/aromatic N) is 2. The summed E-state index contributed by atoms with van der Waals surface area (Å²) in [4.78, 5) is 8.62. The van der Waals surface area contributed by atoms with Crippen LogP contribution in [0.5, 0.6) is 0 Å². The second-order valence-electron chi connectivity index (χ2n) is 3.90. The fourth-order valence-corrected chi connectivity index (χ4v) is 1.63. The Balaban J connectivity index is 2.19. The predicted octanol–water partition coefficient (Wildman–Crippen LogP) is 1.88. The third-order valence-corrected chi connectivity index (χ3v) is 2.59. The average molecular weight is 189 g/mol.